The van der Waals surface area contributed by atoms with Gasteiger partial charge in [0.15, 0.2) is 0 Å². The minimum atomic E-state index is -0.437. The van der Waals surface area contributed by atoms with Crippen LogP contribution in [0.5, 0.6) is 0 Å². The van der Waals surface area contributed by atoms with E-state index in [4.69, 9.17) is 4.98 Å². The van der Waals surface area contributed by atoms with Gasteiger partial charge in [0.25, 0.3) is 0 Å². The molecule has 0 spiro atoms. The molecule has 0 amide bonds. The van der Waals surface area contributed by atoms with Crippen LogP contribution < -0.4 is 4.90 Å². The maximum absolute atomic E-state index is 5.34. The Hall–Kier alpha value is -5.93. The van der Waals surface area contributed by atoms with Crippen LogP contribution in [0.15, 0.2) is 176 Å². The summed E-state index contributed by atoms with van der Waals surface area (Å²) in [6.45, 7) is 4.26. The first-order chi connectivity index (χ1) is 23.6. The molecule has 1 atom stereocenters. The van der Waals surface area contributed by atoms with E-state index in [0.29, 0.717) is 0 Å². The number of benzene rings is 6. The van der Waals surface area contributed by atoms with Crippen LogP contribution in [0.3, 0.4) is 0 Å². The summed E-state index contributed by atoms with van der Waals surface area (Å²) < 4.78 is 2.34. The van der Waals surface area contributed by atoms with Gasteiger partial charge in [-0.15, -0.1) is 0 Å². The molecule has 0 aliphatic heterocycles. The summed E-state index contributed by atoms with van der Waals surface area (Å²) in [5.41, 5.74) is 12.3. The quantitative estimate of drug-likeness (QED) is 0.177. The van der Waals surface area contributed by atoms with Gasteiger partial charge in [-0.05, 0) is 97.6 Å². The van der Waals surface area contributed by atoms with E-state index in [1.54, 1.807) is 0 Å². The van der Waals surface area contributed by atoms with Gasteiger partial charge in [-0.2, -0.15) is 0 Å². The highest BCUT2D eigenvalue weighted by atomic mass is 15.1. The van der Waals surface area contributed by atoms with Gasteiger partial charge in [0, 0.05) is 22.7 Å². The van der Waals surface area contributed by atoms with Crippen molar-refractivity contribution in [3.05, 3.63) is 204 Å². The smallest absolute Gasteiger partial charge is 0.129 e. The van der Waals surface area contributed by atoms with Gasteiger partial charge in [-0.3, -0.25) is 4.57 Å². The zero-order chi connectivity index (χ0) is 32.5. The number of fused-ring (bicyclic) bond motifs is 1. The lowest BCUT2D eigenvalue weighted by molar-refractivity contribution is 0.593. The first-order valence-electron chi connectivity index (χ1n) is 16.6. The highest BCUT2D eigenvalue weighted by Crippen LogP contribution is 2.44. The van der Waals surface area contributed by atoms with Gasteiger partial charge in [0.2, 0.25) is 0 Å². The van der Waals surface area contributed by atoms with Crippen molar-refractivity contribution in [2.24, 2.45) is 0 Å². The van der Waals surface area contributed by atoms with Crippen molar-refractivity contribution in [3.63, 3.8) is 0 Å². The first-order valence-corrected chi connectivity index (χ1v) is 16.6. The molecule has 0 saturated heterocycles. The topological polar surface area (TPSA) is 21.1 Å². The minimum absolute atomic E-state index is 0.437. The molecule has 6 aromatic carbocycles. The Morgan fingerprint density at radius 2 is 1.12 bits per heavy atom. The predicted molar refractivity (Wildman–Crippen MR) is 201 cm³/mol. The highest BCUT2D eigenvalue weighted by Gasteiger charge is 2.38. The summed E-state index contributed by atoms with van der Waals surface area (Å²) in [7, 11) is 0. The van der Waals surface area contributed by atoms with Crippen LogP contribution >= 0.6 is 0 Å². The highest BCUT2D eigenvalue weighted by molar-refractivity contribution is 5.82. The number of imidazole rings is 1. The summed E-state index contributed by atoms with van der Waals surface area (Å²) in [6.07, 6.45) is 7.84. The van der Waals surface area contributed by atoms with Crippen molar-refractivity contribution in [2.75, 3.05) is 4.90 Å². The van der Waals surface area contributed by atoms with E-state index in [1.165, 1.54) is 27.8 Å². The maximum atomic E-state index is 5.34. The molecule has 1 aliphatic carbocycles. The molecule has 0 bridgehead atoms. The molecule has 1 heterocycles. The van der Waals surface area contributed by atoms with Crippen molar-refractivity contribution in [1.29, 1.82) is 0 Å². The molecular formula is C45H37N3. The first kappa shape index (κ1) is 29.5. The van der Waals surface area contributed by atoms with Crippen molar-refractivity contribution in [3.8, 4) is 5.69 Å². The van der Waals surface area contributed by atoms with E-state index in [1.807, 2.05) is 0 Å². The van der Waals surface area contributed by atoms with Crippen LogP contribution in [-0.4, -0.2) is 9.55 Å². The number of para-hydroxylation sites is 3. The normalized spacial score (nSPS) is 15.8. The largest absolute Gasteiger partial charge is 0.311 e. The van der Waals surface area contributed by atoms with Gasteiger partial charge >= 0.3 is 0 Å². The molecule has 3 nitrogen and oxygen atoms in total. The monoisotopic (exact) mass is 619 g/mol. The zero-order valence-corrected chi connectivity index (χ0v) is 27.3. The molecule has 0 saturated carbocycles. The van der Waals surface area contributed by atoms with Gasteiger partial charge in [0.05, 0.1) is 16.4 Å². The van der Waals surface area contributed by atoms with Crippen molar-refractivity contribution in [1.82, 2.24) is 9.55 Å². The third-order valence-corrected chi connectivity index (χ3v) is 9.50. The summed E-state index contributed by atoms with van der Waals surface area (Å²) >= 11 is 0. The summed E-state index contributed by atoms with van der Waals surface area (Å²) in [5.74, 6) is 1.02. The predicted octanol–water partition coefficient (Wildman–Crippen LogP) is 11.4. The zero-order valence-electron chi connectivity index (χ0n) is 27.3. The van der Waals surface area contributed by atoms with Crippen molar-refractivity contribution >= 4 is 33.7 Å². The number of aromatic nitrogens is 2. The number of aryl methyl sites for hydroxylation is 2. The fourth-order valence-electron chi connectivity index (χ4n) is 6.90. The van der Waals surface area contributed by atoms with Crippen LogP contribution in [-0.2, 0) is 5.41 Å². The molecule has 48 heavy (non-hydrogen) atoms. The molecule has 0 radical (unpaired) electrons. The Balaban J connectivity index is 1.18. The van der Waals surface area contributed by atoms with Gasteiger partial charge < -0.3 is 4.90 Å². The van der Waals surface area contributed by atoms with E-state index >= 15 is 0 Å². The number of anilines is 3. The second-order valence-corrected chi connectivity index (χ2v) is 12.7. The van der Waals surface area contributed by atoms with Gasteiger partial charge in [0.1, 0.15) is 5.82 Å². The average molecular weight is 620 g/mol. The third kappa shape index (κ3) is 5.34. The van der Waals surface area contributed by atoms with Crippen LogP contribution in [0.1, 0.15) is 34.5 Å². The van der Waals surface area contributed by atoms with E-state index in [9.17, 15) is 0 Å². The summed E-state index contributed by atoms with van der Waals surface area (Å²) in [6, 6.07) is 56.3. The van der Waals surface area contributed by atoms with Crippen LogP contribution in [0, 0.1) is 13.8 Å². The average Bonchev–Trinajstić information content (AvgIpc) is 3.55. The lowest BCUT2D eigenvalue weighted by atomic mass is 9.73. The SMILES string of the molecule is Cc1ccc(N(c2ccc(C)cc2)c2ccc(C3=CCC(c4ccccc4)(c4nc5ccccc5n4-c4ccccc4)C=C3)cc2)cc1. The Bertz CT molecular complexity index is 2200. The molecule has 0 N–H and O–H groups in total. The molecule has 232 valence electrons. The molecular weight excluding hydrogens is 583 g/mol. The molecule has 1 aliphatic rings. The summed E-state index contributed by atoms with van der Waals surface area (Å²) in [5, 5.41) is 0. The molecule has 0 fully saturated rings. The van der Waals surface area contributed by atoms with E-state index in [2.05, 4.69) is 199 Å². The lowest BCUT2D eigenvalue weighted by Crippen LogP contribution is -2.30. The minimum Gasteiger partial charge on any atom is -0.311 e. The van der Waals surface area contributed by atoms with Crippen LogP contribution in [0.4, 0.5) is 17.1 Å². The molecule has 1 aromatic heterocycles. The number of hydrogen-bond donors (Lipinski definition) is 0. The third-order valence-electron chi connectivity index (χ3n) is 9.50. The standard InChI is InChI=1S/C45H37N3/c1-33-17-23-39(24-18-33)47(40-25-19-34(2)20-26-40)41-27-21-35(22-28-41)36-29-31-45(32-30-36,37-11-5-3-6-12-37)44-46-42-15-9-10-16-43(42)48(44)38-13-7-4-8-14-38/h3-31H,32H2,1-2H3. The van der Waals surface area contributed by atoms with Crippen LogP contribution in [0.2, 0.25) is 0 Å². The molecule has 8 rings (SSSR count). The molecule has 1 unspecified atom stereocenters. The second-order valence-electron chi connectivity index (χ2n) is 12.7. The number of rotatable bonds is 7. The number of hydrogen-bond acceptors (Lipinski definition) is 2. The number of allylic oxidation sites excluding steroid dienone is 4. The van der Waals surface area contributed by atoms with E-state index < -0.39 is 5.41 Å². The van der Waals surface area contributed by atoms with Crippen LogP contribution in [0.25, 0.3) is 22.3 Å². The second kappa shape index (κ2) is 12.4. The van der Waals surface area contributed by atoms with E-state index in [-0.39, 0.29) is 0 Å². The lowest BCUT2D eigenvalue weighted by Gasteiger charge is -2.33. The Kier molecular flexibility index (Phi) is 7.58. The van der Waals surface area contributed by atoms with Crippen molar-refractivity contribution in [2.45, 2.75) is 25.7 Å². The Morgan fingerprint density at radius 3 is 1.71 bits per heavy atom. The fourth-order valence-corrected chi connectivity index (χ4v) is 6.90. The number of nitrogens with zero attached hydrogens (tertiary/aromatic N) is 3. The van der Waals surface area contributed by atoms with E-state index in [0.717, 1.165) is 46.0 Å². The molecule has 7 aromatic rings. The Morgan fingerprint density at radius 1 is 0.583 bits per heavy atom. The fraction of sp³-hybridized carbons (Fsp3) is 0.0889. The van der Waals surface area contributed by atoms with Crippen molar-refractivity contribution < 1.29 is 0 Å². The molecule has 3 heteroatoms. The van der Waals surface area contributed by atoms with Gasteiger partial charge in [-0.1, -0.05) is 126 Å². The summed E-state index contributed by atoms with van der Waals surface area (Å²) in [4.78, 5) is 7.66. The maximum Gasteiger partial charge on any atom is 0.129 e. The Labute approximate surface area is 282 Å². The van der Waals surface area contributed by atoms with Gasteiger partial charge in [-0.25, -0.2) is 4.98 Å².